The van der Waals surface area contributed by atoms with Crippen molar-refractivity contribution in [2.45, 2.75) is 155 Å². The number of rotatable bonds is 25. The predicted octanol–water partition coefficient (Wildman–Crippen LogP) is 6.20. The first-order valence-corrected chi connectivity index (χ1v) is 17.7. The average Bonchev–Trinajstić information content (AvgIpc) is 2.95. The first-order chi connectivity index (χ1) is 20.9. The van der Waals surface area contributed by atoms with E-state index in [0.29, 0.717) is 24.1 Å². The lowest BCUT2D eigenvalue weighted by atomic mass is 10.0. The molecule has 262 valence electrons. The van der Waals surface area contributed by atoms with E-state index in [2.05, 4.69) is 33.4 Å². The molecule has 0 fully saturated rings. The van der Waals surface area contributed by atoms with Gasteiger partial charge in [0.05, 0.1) is 34.2 Å². The number of carbonyl (C=O) groups is 2. The van der Waals surface area contributed by atoms with Crippen LogP contribution < -0.4 is 29.3 Å². The molecule has 0 heterocycles. The summed E-state index contributed by atoms with van der Waals surface area (Å²) in [6.07, 6.45) is 20.7. The van der Waals surface area contributed by atoms with E-state index in [1.807, 2.05) is 51.1 Å². The van der Waals surface area contributed by atoms with E-state index in [1.165, 1.54) is 88.5 Å². The number of nitrogens with zero attached hydrogens (tertiary/aromatic N) is 2. The lowest BCUT2D eigenvalue weighted by Crippen LogP contribution is -3.00. The van der Waals surface area contributed by atoms with Gasteiger partial charge in [-0.3, -0.25) is 9.63 Å². The Bertz CT molecular complexity index is 871. The highest BCUT2D eigenvalue weighted by molar-refractivity contribution is 5.85. The van der Waals surface area contributed by atoms with E-state index in [4.69, 9.17) is 9.57 Å². The van der Waals surface area contributed by atoms with E-state index in [-0.39, 0.29) is 29.9 Å². The van der Waals surface area contributed by atoms with Gasteiger partial charge in [-0.2, -0.15) is 0 Å². The molecule has 0 aliphatic heterocycles. The highest BCUT2D eigenvalue weighted by Crippen LogP contribution is 2.16. The first kappa shape index (κ1) is 43.6. The summed E-state index contributed by atoms with van der Waals surface area (Å²) < 4.78 is 6.21. The van der Waals surface area contributed by atoms with Gasteiger partial charge in [0.2, 0.25) is 0 Å². The quantitative estimate of drug-likeness (QED) is 0.0561. The largest absolute Gasteiger partial charge is 1.00 e. The summed E-state index contributed by atoms with van der Waals surface area (Å²) in [6.45, 7) is 9.21. The number of unbranched alkanes of at least 4 members (excludes halogenated alkanes) is 15. The van der Waals surface area contributed by atoms with E-state index in [0.717, 1.165) is 31.4 Å². The molecule has 45 heavy (non-hydrogen) atoms. The molecule has 1 N–H and O–H groups in total. The van der Waals surface area contributed by atoms with Crippen molar-refractivity contribution in [3.8, 4) is 0 Å². The van der Waals surface area contributed by atoms with Gasteiger partial charge in [0, 0.05) is 0 Å². The van der Waals surface area contributed by atoms with E-state index in [1.54, 1.807) is 0 Å². The lowest BCUT2D eigenvalue weighted by molar-refractivity contribution is -0.870. The molecule has 0 radical (unpaired) electrons. The van der Waals surface area contributed by atoms with E-state index >= 15 is 0 Å². The van der Waals surface area contributed by atoms with E-state index < -0.39 is 17.7 Å². The molecule has 0 aromatic heterocycles. The van der Waals surface area contributed by atoms with Crippen LogP contribution in [0.4, 0.5) is 4.79 Å². The zero-order valence-corrected chi connectivity index (χ0v) is 32.2. The van der Waals surface area contributed by atoms with E-state index in [9.17, 15) is 9.59 Å². The number of ether oxygens (including phenoxy) is 1. The molecule has 0 aliphatic carbocycles. The van der Waals surface area contributed by atoms with Crippen molar-refractivity contribution < 1.29 is 47.6 Å². The number of hydrogen-bond donors (Lipinski definition) is 1. The molecule has 0 saturated carbocycles. The minimum absolute atomic E-state index is 0. The van der Waals surface area contributed by atoms with Crippen LogP contribution in [0.15, 0.2) is 30.3 Å². The second kappa shape index (κ2) is 25.7. The van der Waals surface area contributed by atoms with Gasteiger partial charge in [-0.25, -0.2) is 9.86 Å². The third kappa shape index (κ3) is 25.4. The van der Waals surface area contributed by atoms with Crippen LogP contribution in [0.5, 0.6) is 0 Å². The molecule has 1 rings (SSSR count). The normalized spacial score (nSPS) is 12.3. The highest BCUT2D eigenvalue weighted by atomic mass is 127. The van der Waals surface area contributed by atoms with Gasteiger partial charge >= 0.3 is 6.09 Å². The fourth-order valence-corrected chi connectivity index (χ4v) is 5.13. The maximum atomic E-state index is 13.8. The summed E-state index contributed by atoms with van der Waals surface area (Å²) in [5.41, 5.74) is 0.351. The van der Waals surface area contributed by atoms with Crippen molar-refractivity contribution in [3.05, 3.63) is 35.9 Å². The zero-order chi connectivity index (χ0) is 32.7. The number of alkyl carbamates (subject to hydrolysis) is 1. The molecule has 2 amide bonds. The van der Waals surface area contributed by atoms with Crippen LogP contribution in [0.1, 0.15) is 142 Å². The van der Waals surface area contributed by atoms with Crippen molar-refractivity contribution >= 4 is 12.0 Å². The fraction of sp³-hybridized carbons (Fsp3) is 0.784. The van der Waals surface area contributed by atoms with Crippen LogP contribution in [-0.4, -0.2) is 67.4 Å². The molecule has 1 unspecified atom stereocenters. The molecular weight excluding hydrogens is 677 g/mol. The minimum atomic E-state index is -0.695. The van der Waals surface area contributed by atoms with Crippen LogP contribution in [0.25, 0.3) is 0 Å². The molecule has 1 atom stereocenters. The number of quaternary nitrogens is 1. The van der Waals surface area contributed by atoms with Crippen molar-refractivity contribution in [1.82, 2.24) is 10.4 Å². The van der Waals surface area contributed by atoms with Crippen LogP contribution >= 0.6 is 0 Å². The summed E-state index contributed by atoms with van der Waals surface area (Å²) in [5, 5.41) is 4.31. The van der Waals surface area contributed by atoms with Gasteiger partial charge in [-0.05, 0) is 32.8 Å². The fourth-order valence-electron chi connectivity index (χ4n) is 5.13. The summed E-state index contributed by atoms with van der Waals surface area (Å²) in [6, 6.07) is 9.15. The molecule has 0 bridgehead atoms. The zero-order valence-electron chi connectivity index (χ0n) is 30.0. The SMILES string of the molecule is CCCCCCCCCCCCCCCCCCC(NC(=O)OC(C)(C)C)C(=O)N(CC[N+](C)(C)C)OCc1ccccc1.[I-]. The van der Waals surface area contributed by atoms with Gasteiger partial charge < -0.3 is 38.5 Å². The summed E-state index contributed by atoms with van der Waals surface area (Å²) in [5.74, 6) is -0.221. The Morgan fingerprint density at radius 3 is 1.69 bits per heavy atom. The topological polar surface area (TPSA) is 67.9 Å². The van der Waals surface area contributed by atoms with Crippen LogP contribution in [0.3, 0.4) is 0 Å². The Morgan fingerprint density at radius 2 is 1.24 bits per heavy atom. The number of carbonyl (C=O) groups excluding carboxylic acids is 2. The number of amides is 2. The summed E-state index contributed by atoms with van der Waals surface area (Å²) >= 11 is 0. The number of benzene rings is 1. The third-order valence-electron chi connectivity index (χ3n) is 7.79. The van der Waals surface area contributed by atoms with Crippen molar-refractivity contribution in [1.29, 1.82) is 0 Å². The Labute approximate surface area is 294 Å². The van der Waals surface area contributed by atoms with Crippen molar-refractivity contribution in [2.24, 2.45) is 0 Å². The summed E-state index contributed by atoms with van der Waals surface area (Å²) in [7, 11) is 6.27. The Hall–Kier alpha value is -1.39. The molecule has 1 aromatic carbocycles. The average molecular weight is 746 g/mol. The third-order valence-corrected chi connectivity index (χ3v) is 7.79. The molecule has 1 aromatic rings. The van der Waals surface area contributed by atoms with Gasteiger partial charge in [0.25, 0.3) is 5.91 Å². The van der Waals surface area contributed by atoms with Crippen molar-refractivity contribution in [3.63, 3.8) is 0 Å². The molecule has 0 aliphatic rings. The van der Waals surface area contributed by atoms with Crippen LogP contribution in [0.2, 0.25) is 0 Å². The van der Waals surface area contributed by atoms with Gasteiger partial charge in [-0.15, -0.1) is 0 Å². The number of halogens is 1. The molecule has 0 saturated heterocycles. The monoisotopic (exact) mass is 745 g/mol. The first-order valence-electron chi connectivity index (χ1n) is 17.7. The molecule has 8 heteroatoms. The number of nitrogens with one attached hydrogen (secondary N) is 1. The lowest BCUT2D eigenvalue weighted by Gasteiger charge is -2.31. The van der Waals surface area contributed by atoms with Crippen LogP contribution in [-0.2, 0) is 21.0 Å². The van der Waals surface area contributed by atoms with Crippen molar-refractivity contribution in [2.75, 3.05) is 34.2 Å². The molecule has 0 spiro atoms. The maximum Gasteiger partial charge on any atom is 0.408 e. The molecule has 7 nitrogen and oxygen atoms in total. The minimum Gasteiger partial charge on any atom is -1.00 e. The summed E-state index contributed by atoms with van der Waals surface area (Å²) in [4.78, 5) is 32.6. The number of likely N-dealkylation sites (N-methyl/N-ethyl adjacent to an activating group) is 1. The van der Waals surface area contributed by atoms with Gasteiger partial charge in [-0.1, -0.05) is 140 Å². The smallest absolute Gasteiger partial charge is 0.408 e. The Balaban J connectivity index is 0.0000194. The highest BCUT2D eigenvalue weighted by Gasteiger charge is 2.29. The van der Waals surface area contributed by atoms with Gasteiger partial charge in [0.15, 0.2) is 0 Å². The Morgan fingerprint density at radius 1 is 0.778 bits per heavy atom. The molecular formula is C37H68IN3O4. The number of hydrogen-bond acceptors (Lipinski definition) is 4. The Kier molecular flexibility index (Phi) is 24.9. The maximum absolute atomic E-state index is 13.8. The second-order valence-electron chi connectivity index (χ2n) is 14.5. The van der Waals surface area contributed by atoms with Crippen LogP contribution in [0, 0.1) is 0 Å². The number of hydroxylamine groups is 2. The standard InChI is InChI=1S/C37H67N3O4.HI/c1-8-9-10-11-12-13-14-15-16-17-18-19-20-21-22-26-29-34(38-36(42)44-37(2,3)4)35(41)39(30-31-40(5,6)7)43-32-33-27-24-23-25-28-33;/h23-25,27-28,34H,8-22,26,29-32H2,1-7H3;1H. The second-order valence-corrected chi connectivity index (χ2v) is 14.5. The van der Waals surface area contributed by atoms with Gasteiger partial charge in [0.1, 0.15) is 18.2 Å². The predicted molar refractivity (Wildman–Crippen MR) is 183 cm³/mol.